The van der Waals surface area contributed by atoms with E-state index in [1.165, 1.54) is 47.0 Å². The molecule has 26 heavy (non-hydrogen) atoms. The van der Waals surface area contributed by atoms with Crippen molar-refractivity contribution in [2.24, 2.45) is 0 Å². The molecule has 0 bridgehead atoms. The number of nitro groups is 1. The minimum absolute atomic E-state index is 0.104. The molecule has 1 atom stereocenters. The second-order valence-corrected chi connectivity index (χ2v) is 6.19. The summed E-state index contributed by atoms with van der Waals surface area (Å²) in [6.45, 7) is 0.822. The van der Waals surface area contributed by atoms with Crippen molar-refractivity contribution in [3.63, 3.8) is 0 Å². The largest absolute Gasteiger partial charge is 0.307 e. The van der Waals surface area contributed by atoms with Crippen LogP contribution in [0.25, 0.3) is 16.6 Å². The maximum absolute atomic E-state index is 13.3. The number of fused-ring (bicyclic) bond motifs is 1. The van der Waals surface area contributed by atoms with Crippen molar-refractivity contribution in [1.29, 1.82) is 0 Å². The van der Waals surface area contributed by atoms with Crippen LogP contribution in [0, 0.1) is 15.9 Å². The number of rotatable bonds is 3. The summed E-state index contributed by atoms with van der Waals surface area (Å²) in [5.41, 5.74) is 0.298. The molecule has 0 saturated carbocycles. The van der Waals surface area contributed by atoms with Gasteiger partial charge in [0.1, 0.15) is 11.6 Å². The van der Waals surface area contributed by atoms with Gasteiger partial charge in [-0.2, -0.15) is 0 Å². The summed E-state index contributed by atoms with van der Waals surface area (Å²) < 4.78 is 14.7. The monoisotopic (exact) mass is 354 g/mol. The molecule has 1 unspecified atom stereocenters. The molecule has 0 aliphatic carbocycles. The molecule has 1 saturated heterocycles. The number of nitro benzene ring substituents is 1. The number of hydrogen-bond donors (Lipinski definition) is 1. The zero-order chi connectivity index (χ0) is 18.3. The van der Waals surface area contributed by atoms with Gasteiger partial charge in [-0.05, 0) is 49.7 Å². The zero-order valence-electron chi connectivity index (χ0n) is 13.7. The number of benzene rings is 2. The minimum atomic E-state index is -0.548. The molecule has 1 fully saturated rings. The van der Waals surface area contributed by atoms with Crippen LogP contribution < -0.4 is 10.9 Å². The van der Waals surface area contributed by atoms with Crippen LogP contribution in [0.3, 0.4) is 0 Å². The predicted octanol–water partition coefficient (Wildman–Crippen LogP) is 2.86. The van der Waals surface area contributed by atoms with E-state index >= 15 is 0 Å². The van der Waals surface area contributed by atoms with Crippen LogP contribution in [0.15, 0.2) is 47.3 Å². The number of halogens is 1. The van der Waals surface area contributed by atoms with E-state index in [2.05, 4.69) is 10.3 Å². The lowest BCUT2D eigenvalue weighted by Crippen LogP contribution is -2.28. The molecule has 0 radical (unpaired) electrons. The number of non-ortho nitro benzene ring substituents is 1. The molecule has 4 rings (SSSR count). The predicted molar refractivity (Wildman–Crippen MR) is 93.9 cm³/mol. The fraction of sp³-hybridized carbons (Fsp3) is 0.222. The van der Waals surface area contributed by atoms with Gasteiger partial charge in [-0.1, -0.05) is 0 Å². The molecule has 132 valence electrons. The number of nitrogens with one attached hydrogen (secondary N) is 1. The summed E-state index contributed by atoms with van der Waals surface area (Å²) in [7, 11) is 0. The molecule has 3 aromatic rings. The van der Waals surface area contributed by atoms with E-state index in [-0.39, 0.29) is 17.1 Å². The summed E-state index contributed by atoms with van der Waals surface area (Å²) in [5.74, 6) is 0.118. The molecule has 1 aliphatic heterocycles. The van der Waals surface area contributed by atoms with Crippen LogP contribution >= 0.6 is 0 Å². The van der Waals surface area contributed by atoms with Crippen molar-refractivity contribution in [2.75, 3.05) is 6.54 Å². The molecular weight excluding hydrogens is 339 g/mol. The first-order chi connectivity index (χ1) is 12.5. The third kappa shape index (κ3) is 2.74. The minimum Gasteiger partial charge on any atom is -0.307 e. The lowest BCUT2D eigenvalue weighted by Gasteiger charge is -2.18. The average Bonchev–Trinajstić information content (AvgIpc) is 3.17. The van der Waals surface area contributed by atoms with Crippen molar-refractivity contribution in [3.8, 4) is 5.69 Å². The number of nitrogens with zero attached hydrogens (tertiary/aromatic N) is 3. The molecule has 0 amide bonds. The molecule has 1 N–H and O–H groups in total. The van der Waals surface area contributed by atoms with Crippen molar-refractivity contribution in [2.45, 2.75) is 18.9 Å². The summed E-state index contributed by atoms with van der Waals surface area (Å²) in [5, 5.41) is 14.5. The number of hydrogen-bond acceptors (Lipinski definition) is 5. The topological polar surface area (TPSA) is 90.1 Å². The first kappa shape index (κ1) is 16.3. The second-order valence-electron chi connectivity index (χ2n) is 6.19. The standard InChI is InChI=1S/C18H15FN4O3/c19-11-3-5-12(6-4-11)22-17(16-2-1-9-20-16)21-15-8-7-13(23(25)26)10-14(15)18(22)24/h3-8,10,16,20H,1-2,9H2. The summed E-state index contributed by atoms with van der Waals surface area (Å²) in [6.07, 6.45) is 1.79. The van der Waals surface area contributed by atoms with Crippen LogP contribution in [0.2, 0.25) is 0 Å². The fourth-order valence-electron chi connectivity index (χ4n) is 3.28. The Kier molecular flexibility index (Phi) is 3.96. The molecule has 1 aliphatic rings. The SMILES string of the molecule is O=c1c2cc([N+](=O)[O-])ccc2nc(C2CCCN2)n1-c1ccc(F)cc1. The summed E-state index contributed by atoms with van der Waals surface area (Å²) in [6, 6.07) is 9.49. The van der Waals surface area contributed by atoms with Crippen LogP contribution in [0.5, 0.6) is 0 Å². The van der Waals surface area contributed by atoms with Crippen molar-refractivity contribution in [3.05, 3.63) is 74.6 Å². The van der Waals surface area contributed by atoms with Crippen LogP contribution in [-0.2, 0) is 0 Å². The van der Waals surface area contributed by atoms with Gasteiger partial charge in [0, 0.05) is 12.1 Å². The van der Waals surface area contributed by atoms with Crippen LogP contribution in [0.4, 0.5) is 10.1 Å². The maximum atomic E-state index is 13.3. The normalized spacial score (nSPS) is 16.9. The number of aromatic nitrogens is 2. The van der Waals surface area contributed by atoms with E-state index in [0.29, 0.717) is 17.0 Å². The molecule has 7 nitrogen and oxygen atoms in total. The molecule has 8 heteroatoms. The van der Waals surface area contributed by atoms with Gasteiger partial charge in [-0.25, -0.2) is 9.37 Å². The molecule has 0 spiro atoms. The highest BCUT2D eigenvalue weighted by molar-refractivity contribution is 5.80. The quantitative estimate of drug-likeness (QED) is 0.577. The van der Waals surface area contributed by atoms with Crippen molar-refractivity contribution < 1.29 is 9.31 Å². The third-order valence-corrected chi connectivity index (χ3v) is 4.55. The lowest BCUT2D eigenvalue weighted by molar-refractivity contribution is -0.384. The highest BCUT2D eigenvalue weighted by Gasteiger charge is 2.24. The Hall–Kier alpha value is -3.13. The van der Waals surface area contributed by atoms with Crippen LogP contribution in [-0.4, -0.2) is 21.0 Å². The lowest BCUT2D eigenvalue weighted by atomic mass is 10.1. The van der Waals surface area contributed by atoms with Crippen molar-refractivity contribution in [1.82, 2.24) is 14.9 Å². The first-order valence-electron chi connectivity index (χ1n) is 8.25. The third-order valence-electron chi connectivity index (χ3n) is 4.55. The molecule has 2 heterocycles. The Labute approximate surface area is 147 Å². The Morgan fingerprint density at radius 3 is 2.65 bits per heavy atom. The van der Waals surface area contributed by atoms with Crippen LogP contribution in [0.1, 0.15) is 24.7 Å². The maximum Gasteiger partial charge on any atom is 0.270 e. The average molecular weight is 354 g/mol. The van der Waals surface area contributed by atoms with Gasteiger partial charge < -0.3 is 5.32 Å². The van der Waals surface area contributed by atoms with Gasteiger partial charge in [0.05, 0.1) is 27.6 Å². The van der Waals surface area contributed by atoms with E-state index in [1.807, 2.05) is 0 Å². The highest BCUT2D eigenvalue weighted by Crippen LogP contribution is 2.26. The summed E-state index contributed by atoms with van der Waals surface area (Å²) in [4.78, 5) is 28.2. The Morgan fingerprint density at radius 1 is 1.23 bits per heavy atom. The smallest absolute Gasteiger partial charge is 0.270 e. The zero-order valence-corrected chi connectivity index (χ0v) is 13.7. The van der Waals surface area contributed by atoms with Gasteiger partial charge in [0.2, 0.25) is 0 Å². The second kappa shape index (κ2) is 6.30. The van der Waals surface area contributed by atoms with E-state index in [0.717, 1.165) is 19.4 Å². The van der Waals surface area contributed by atoms with E-state index in [1.54, 1.807) is 0 Å². The fourth-order valence-corrected chi connectivity index (χ4v) is 3.28. The van der Waals surface area contributed by atoms with Gasteiger partial charge in [-0.15, -0.1) is 0 Å². The van der Waals surface area contributed by atoms with E-state index in [4.69, 9.17) is 0 Å². The van der Waals surface area contributed by atoms with Gasteiger partial charge in [-0.3, -0.25) is 19.5 Å². The Bertz CT molecular complexity index is 1060. The van der Waals surface area contributed by atoms with Gasteiger partial charge >= 0.3 is 0 Å². The van der Waals surface area contributed by atoms with Gasteiger partial charge in [0.15, 0.2) is 0 Å². The highest BCUT2D eigenvalue weighted by atomic mass is 19.1. The Balaban J connectivity index is 2.02. The first-order valence-corrected chi connectivity index (χ1v) is 8.25. The molecule has 1 aromatic heterocycles. The Morgan fingerprint density at radius 2 is 2.00 bits per heavy atom. The van der Waals surface area contributed by atoms with E-state index in [9.17, 15) is 19.3 Å². The van der Waals surface area contributed by atoms with Crippen molar-refractivity contribution >= 4 is 16.6 Å². The molecule has 2 aromatic carbocycles. The van der Waals surface area contributed by atoms with Gasteiger partial charge in [0.25, 0.3) is 11.2 Å². The summed E-state index contributed by atoms with van der Waals surface area (Å²) >= 11 is 0. The van der Waals surface area contributed by atoms with E-state index < -0.39 is 16.3 Å². The molecular formula is C18H15FN4O3.